The summed E-state index contributed by atoms with van der Waals surface area (Å²) in [6.07, 6.45) is 0.986. The summed E-state index contributed by atoms with van der Waals surface area (Å²) in [6, 6.07) is 8.07. The standard InChI is InChI=1S/C23H20BrClN6O3/c24-13-5-10-1-2-11(6-14(10)30-21(13)26)16-18(33)23(8-27-16)7-15(17(32)19(23)34)31-4-3-12-20(25)28-9-29-22(12)31/h1-6,9,15-17,19,27,32,34H,7-8H2,(H2,26,30)/t15-,16-,17+,19+,23+/m1/s1. The molecule has 1 saturated carbocycles. The number of hydrogen-bond acceptors (Lipinski definition) is 8. The summed E-state index contributed by atoms with van der Waals surface area (Å²) in [5, 5.41) is 27.2. The Morgan fingerprint density at radius 2 is 2.06 bits per heavy atom. The average Bonchev–Trinajstić information content (AvgIpc) is 3.46. The number of pyridine rings is 1. The minimum Gasteiger partial charge on any atom is -0.389 e. The van der Waals surface area contributed by atoms with Gasteiger partial charge in [0.05, 0.1) is 39.0 Å². The van der Waals surface area contributed by atoms with Crippen molar-refractivity contribution in [2.45, 2.75) is 30.7 Å². The molecule has 1 spiro atoms. The highest BCUT2D eigenvalue weighted by Crippen LogP contribution is 2.50. The van der Waals surface area contributed by atoms with E-state index in [0.29, 0.717) is 32.0 Å². The summed E-state index contributed by atoms with van der Waals surface area (Å²) in [7, 11) is 0. The minimum atomic E-state index is -1.23. The fraction of sp³-hybridized carbons (Fsp3) is 0.304. The molecule has 2 aliphatic rings. The minimum absolute atomic E-state index is 0.157. The van der Waals surface area contributed by atoms with Crippen molar-refractivity contribution in [3.05, 3.63) is 58.0 Å². The molecule has 0 bridgehead atoms. The number of carbonyl (C=O) groups excluding carboxylic acids is 1. The predicted molar refractivity (Wildman–Crippen MR) is 130 cm³/mol. The summed E-state index contributed by atoms with van der Waals surface area (Å²) < 4.78 is 2.48. The first-order valence-corrected chi connectivity index (χ1v) is 11.9. The number of nitrogens with one attached hydrogen (secondary N) is 1. The molecule has 0 radical (unpaired) electrons. The van der Waals surface area contributed by atoms with Gasteiger partial charge in [-0.25, -0.2) is 15.0 Å². The molecule has 11 heteroatoms. The van der Waals surface area contributed by atoms with Crippen molar-refractivity contribution in [1.29, 1.82) is 0 Å². The smallest absolute Gasteiger partial charge is 0.164 e. The van der Waals surface area contributed by atoms with Crippen molar-refractivity contribution < 1.29 is 15.0 Å². The molecule has 4 heterocycles. The molecule has 5 N–H and O–H groups in total. The molecule has 3 aromatic heterocycles. The maximum Gasteiger partial charge on any atom is 0.164 e. The van der Waals surface area contributed by atoms with Gasteiger partial charge in [0.15, 0.2) is 5.78 Å². The first kappa shape index (κ1) is 21.9. The van der Waals surface area contributed by atoms with Crippen molar-refractivity contribution in [3.63, 3.8) is 0 Å². The Kier molecular flexibility index (Phi) is 4.95. The van der Waals surface area contributed by atoms with Crippen LogP contribution in [0.5, 0.6) is 0 Å². The summed E-state index contributed by atoms with van der Waals surface area (Å²) in [5.74, 6) is 0.210. The van der Waals surface area contributed by atoms with Crippen molar-refractivity contribution in [1.82, 2.24) is 24.8 Å². The quantitative estimate of drug-likeness (QED) is 0.283. The highest BCUT2D eigenvalue weighted by Gasteiger charge is 2.61. The molecule has 6 rings (SSSR count). The van der Waals surface area contributed by atoms with Crippen LogP contribution in [0.3, 0.4) is 0 Å². The number of nitrogen functional groups attached to an aromatic ring is 1. The third-order valence-corrected chi connectivity index (χ3v) is 8.14. The van der Waals surface area contributed by atoms with E-state index in [9.17, 15) is 15.0 Å². The van der Waals surface area contributed by atoms with Gasteiger partial charge in [-0.15, -0.1) is 0 Å². The number of anilines is 1. The molecule has 5 atom stereocenters. The van der Waals surface area contributed by atoms with Crippen LogP contribution < -0.4 is 11.1 Å². The van der Waals surface area contributed by atoms with E-state index in [0.717, 1.165) is 10.9 Å². The number of aliphatic hydroxyl groups is 2. The number of benzene rings is 1. The first-order chi connectivity index (χ1) is 16.3. The molecule has 1 aliphatic heterocycles. The number of rotatable bonds is 2. The number of carbonyl (C=O) groups is 1. The Balaban J connectivity index is 1.35. The number of ketones is 1. The van der Waals surface area contributed by atoms with Gasteiger partial charge in [0.2, 0.25) is 0 Å². The van der Waals surface area contributed by atoms with Crippen LogP contribution in [-0.2, 0) is 4.79 Å². The summed E-state index contributed by atoms with van der Waals surface area (Å²) in [6.45, 7) is 0.244. The number of Topliss-reactive ketones (excluding diaryl/α,β-unsaturated/α-hetero) is 1. The van der Waals surface area contributed by atoms with E-state index in [1.54, 1.807) is 16.8 Å². The molecule has 1 aliphatic carbocycles. The fourth-order valence-corrected chi connectivity index (χ4v) is 5.95. The van der Waals surface area contributed by atoms with Gasteiger partial charge in [0.1, 0.15) is 29.0 Å². The number of fused-ring (bicyclic) bond motifs is 2. The third kappa shape index (κ3) is 3.03. The second kappa shape index (κ2) is 7.69. The van der Waals surface area contributed by atoms with Crippen molar-refractivity contribution in [2.75, 3.05) is 12.3 Å². The first-order valence-electron chi connectivity index (χ1n) is 10.8. The lowest BCUT2D eigenvalue weighted by molar-refractivity contribution is -0.132. The number of hydrogen-bond donors (Lipinski definition) is 4. The van der Waals surface area contributed by atoms with Crippen LogP contribution in [0, 0.1) is 5.41 Å². The van der Waals surface area contributed by atoms with Crippen LogP contribution in [0.15, 0.2) is 47.3 Å². The Labute approximate surface area is 207 Å². The Hall–Kier alpha value is -2.63. The van der Waals surface area contributed by atoms with Crippen molar-refractivity contribution >= 4 is 61.1 Å². The van der Waals surface area contributed by atoms with E-state index in [2.05, 4.69) is 36.2 Å². The highest BCUT2D eigenvalue weighted by molar-refractivity contribution is 9.10. The van der Waals surface area contributed by atoms with Gasteiger partial charge in [0, 0.05) is 18.1 Å². The van der Waals surface area contributed by atoms with Crippen molar-refractivity contribution in [2.24, 2.45) is 5.41 Å². The highest BCUT2D eigenvalue weighted by atomic mass is 79.9. The third-order valence-electron chi connectivity index (χ3n) is 7.21. The number of aromatic nitrogens is 4. The van der Waals surface area contributed by atoms with Crippen LogP contribution >= 0.6 is 27.5 Å². The normalized spacial score (nSPS) is 29.1. The van der Waals surface area contributed by atoms with E-state index in [4.69, 9.17) is 17.3 Å². The molecule has 0 unspecified atom stereocenters. The average molecular weight is 544 g/mol. The Morgan fingerprint density at radius 3 is 2.88 bits per heavy atom. The summed E-state index contributed by atoms with van der Waals surface area (Å²) in [5.41, 5.74) is 6.76. The van der Waals surface area contributed by atoms with E-state index in [-0.39, 0.29) is 18.7 Å². The van der Waals surface area contributed by atoms with Crippen LogP contribution in [-0.4, -0.2) is 54.3 Å². The monoisotopic (exact) mass is 542 g/mol. The van der Waals surface area contributed by atoms with Crippen LogP contribution in [0.2, 0.25) is 5.15 Å². The van der Waals surface area contributed by atoms with Crippen LogP contribution in [0.1, 0.15) is 24.1 Å². The van der Waals surface area contributed by atoms with Crippen LogP contribution in [0.4, 0.5) is 5.82 Å². The Morgan fingerprint density at radius 1 is 1.24 bits per heavy atom. The lowest BCUT2D eigenvalue weighted by atomic mass is 9.79. The lowest BCUT2D eigenvalue weighted by Gasteiger charge is -2.25. The number of nitrogens with zero attached hydrogens (tertiary/aromatic N) is 4. The van der Waals surface area contributed by atoms with Gasteiger partial charge in [-0.3, -0.25) is 4.79 Å². The van der Waals surface area contributed by atoms with E-state index >= 15 is 0 Å². The number of halogens is 2. The molecule has 9 nitrogen and oxygen atoms in total. The summed E-state index contributed by atoms with van der Waals surface area (Å²) >= 11 is 9.56. The van der Waals surface area contributed by atoms with E-state index in [1.807, 2.05) is 24.3 Å². The molecule has 1 saturated heterocycles. The van der Waals surface area contributed by atoms with E-state index < -0.39 is 29.7 Å². The predicted octanol–water partition coefficient (Wildman–Crippen LogP) is 2.54. The molecular formula is C23H20BrClN6O3. The van der Waals surface area contributed by atoms with Gasteiger partial charge in [-0.1, -0.05) is 23.7 Å². The molecule has 174 valence electrons. The second-order valence-corrected chi connectivity index (χ2v) is 10.2. The van der Waals surface area contributed by atoms with Gasteiger partial charge >= 0.3 is 0 Å². The molecule has 2 fully saturated rings. The zero-order chi connectivity index (χ0) is 23.8. The Bertz CT molecular complexity index is 1480. The van der Waals surface area contributed by atoms with Gasteiger partial charge in [0.25, 0.3) is 0 Å². The lowest BCUT2D eigenvalue weighted by Crippen LogP contribution is -2.42. The van der Waals surface area contributed by atoms with Gasteiger partial charge in [-0.05, 0) is 46.1 Å². The zero-order valence-electron chi connectivity index (χ0n) is 17.7. The van der Waals surface area contributed by atoms with Gasteiger partial charge < -0.3 is 25.8 Å². The fourth-order valence-electron chi connectivity index (χ4n) is 5.42. The van der Waals surface area contributed by atoms with Gasteiger partial charge in [-0.2, -0.15) is 0 Å². The topological polar surface area (TPSA) is 139 Å². The second-order valence-electron chi connectivity index (χ2n) is 8.97. The molecule has 34 heavy (non-hydrogen) atoms. The molecule has 1 aromatic carbocycles. The maximum absolute atomic E-state index is 13.7. The molecule has 0 amide bonds. The van der Waals surface area contributed by atoms with E-state index in [1.165, 1.54) is 6.33 Å². The van der Waals surface area contributed by atoms with Crippen LogP contribution in [0.25, 0.3) is 21.9 Å². The maximum atomic E-state index is 13.7. The largest absolute Gasteiger partial charge is 0.389 e. The SMILES string of the molecule is Nc1nc2cc([C@H]3NC[C@@]4(C[C@@H](n5ccc6c(Cl)ncnc65)[C@H](O)[C@@H]4O)C3=O)ccc2cc1Br. The summed E-state index contributed by atoms with van der Waals surface area (Å²) in [4.78, 5) is 26.4. The zero-order valence-corrected chi connectivity index (χ0v) is 20.0. The van der Waals surface area contributed by atoms with Crippen molar-refractivity contribution in [3.8, 4) is 0 Å². The number of aliphatic hydroxyl groups excluding tert-OH is 2. The number of nitrogens with two attached hydrogens (primary N) is 1. The molecule has 4 aromatic rings. The molecular weight excluding hydrogens is 524 g/mol.